The van der Waals surface area contributed by atoms with E-state index in [9.17, 15) is 0 Å². The minimum atomic E-state index is -0.768. The Morgan fingerprint density at radius 3 is 1.66 bits per heavy atom. The molecule has 0 radical (unpaired) electrons. The molecule has 190 valence electrons. The Morgan fingerprint density at radius 1 is 0.684 bits per heavy atom. The SMILES string of the molecule is CC(C)(C)c1c(-c2ccccc2)c(-c2ccccc2)cc(CP)c1C(P)(c1cnccn1)c1cnccn1. The van der Waals surface area contributed by atoms with Gasteiger partial charge in [0.05, 0.1) is 28.9 Å². The lowest BCUT2D eigenvalue weighted by Gasteiger charge is -2.38. The first-order chi connectivity index (χ1) is 18.4. The van der Waals surface area contributed by atoms with Gasteiger partial charge in [-0.2, -0.15) is 0 Å². The van der Waals surface area contributed by atoms with Crippen LogP contribution in [0, 0.1) is 0 Å². The van der Waals surface area contributed by atoms with Crippen molar-refractivity contribution in [1.82, 2.24) is 19.9 Å². The summed E-state index contributed by atoms with van der Waals surface area (Å²) in [6.45, 7) is 6.87. The summed E-state index contributed by atoms with van der Waals surface area (Å²) >= 11 is 0. The molecule has 0 N–H and O–H groups in total. The van der Waals surface area contributed by atoms with Gasteiger partial charge in [0.25, 0.3) is 0 Å². The summed E-state index contributed by atoms with van der Waals surface area (Å²) in [5.74, 6) is 0. The van der Waals surface area contributed by atoms with Gasteiger partial charge in [-0.25, -0.2) is 0 Å². The fraction of sp³-hybridized carbons (Fsp3) is 0.188. The van der Waals surface area contributed by atoms with E-state index in [0.717, 1.165) is 17.5 Å². The molecule has 0 spiro atoms. The first kappa shape index (κ1) is 26.3. The molecule has 2 heterocycles. The van der Waals surface area contributed by atoms with Crippen molar-refractivity contribution in [2.24, 2.45) is 0 Å². The molecular formula is C32H32N4P2. The molecule has 2 aromatic heterocycles. The van der Waals surface area contributed by atoms with Crippen molar-refractivity contribution in [3.63, 3.8) is 0 Å². The van der Waals surface area contributed by atoms with Crippen LogP contribution in [0.3, 0.4) is 0 Å². The number of hydrogen-bond donors (Lipinski definition) is 0. The quantitative estimate of drug-likeness (QED) is 0.213. The number of aromatic nitrogens is 4. The molecule has 2 unspecified atom stereocenters. The van der Waals surface area contributed by atoms with E-state index in [0.29, 0.717) is 0 Å². The standard InChI is InChI=1S/C32H32N4P2/c1-31(2,3)30-28(23-12-8-5-9-13-23)25(22-10-6-4-7-11-22)18-24(21-37)29(30)32(38,26-19-33-14-16-35-26)27-20-34-15-17-36-27/h4-20H,21,37-38H2,1-3H3. The van der Waals surface area contributed by atoms with Crippen LogP contribution in [0.25, 0.3) is 22.3 Å². The van der Waals surface area contributed by atoms with Gasteiger partial charge in [0.2, 0.25) is 0 Å². The Labute approximate surface area is 229 Å². The summed E-state index contributed by atoms with van der Waals surface area (Å²) in [5, 5.41) is -0.768. The summed E-state index contributed by atoms with van der Waals surface area (Å²) in [7, 11) is 6.05. The van der Waals surface area contributed by atoms with E-state index in [-0.39, 0.29) is 5.41 Å². The zero-order valence-electron chi connectivity index (χ0n) is 22.0. The first-order valence-electron chi connectivity index (χ1n) is 12.7. The highest BCUT2D eigenvalue weighted by molar-refractivity contribution is 7.19. The van der Waals surface area contributed by atoms with E-state index in [2.05, 4.69) is 116 Å². The van der Waals surface area contributed by atoms with E-state index in [1.165, 1.54) is 38.9 Å². The Bertz CT molecular complexity index is 1480. The van der Waals surface area contributed by atoms with Gasteiger partial charge in [-0.05, 0) is 56.6 Å². The Balaban J connectivity index is 2.01. The van der Waals surface area contributed by atoms with Crippen LogP contribution >= 0.6 is 18.5 Å². The molecule has 5 aromatic rings. The molecule has 4 nitrogen and oxygen atoms in total. The van der Waals surface area contributed by atoms with Crippen LogP contribution in [0.1, 0.15) is 48.8 Å². The average molecular weight is 535 g/mol. The average Bonchev–Trinajstić information content (AvgIpc) is 2.97. The lowest BCUT2D eigenvalue weighted by atomic mass is 9.70. The molecule has 2 atom stereocenters. The van der Waals surface area contributed by atoms with Crippen LogP contribution in [0.5, 0.6) is 0 Å². The highest BCUT2D eigenvalue weighted by atomic mass is 31.0. The van der Waals surface area contributed by atoms with Crippen molar-refractivity contribution in [1.29, 1.82) is 0 Å². The van der Waals surface area contributed by atoms with E-state index < -0.39 is 5.16 Å². The third kappa shape index (κ3) is 4.80. The second kappa shape index (κ2) is 10.8. The maximum absolute atomic E-state index is 4.83. The molecule has 5 rings (SSSR count). The molecule has 0 amide bonds. The third-order valence-electron chi connectivity index (χ3n) is 6.85. The van der Waals surface area contributed by atoms with E-state index in [1.54, 1.807) is 24.8 Å². The van der Waals surface area contributed by atoms with E-state index in [1.807, 2.05) is 12.4 Å². The number of hydrogen-bond acceptors (Lipinski definition) is 4. The predicted molar refractivity (Wildman–Crippen MR) is 163 cm³/mol. The highest BCUT2D eigenvalue weighted by Crippen LogP contribution is 2.53. The molecular weight excluding hydrogens is 502 g/mol. The maximum atomic E-state index is 4.83. The van der Waals surface area contributed by atoms with Gasteiger partial charge in [0.1, 0.15) is 0 Å². The van der Waals surface area contributed by atoms with Gasteiger partial charge in [0.15, 0.2) is 0 Å². The minimum absolute atomic E-state index is 0.216. The zero-order valence-corrected chi connectivity index (χ0v) is 24.3. The number of nitrogens with zero attached hydrogens (tertiary/aromatic N) is 4. The van der Waals surface area contributed by atoms with Crippen molar-refractivity contribution >= 4 is 18.5 Å². The van der Waals surface area contributed by atoms with Gasteiger partial charge in [0, 0.05) is 24.8 Å². The fourth-order valence-corrected chi connectivity index (χ4v) is 6.19. The Kier molecular flexibility index (Phi) is 7.48. The van der Waals surface area contributed by atoms with Crippen LogP contribution in [0.2, 0.25) is 0 Å². The monoisotopic (exact) mass is 534 g/mol. The zero-order chi connectivity index (χ0) is 26.8. The van der Waals surface area contributed by atoms with E-state index in [4.69, 9.17) is 9.97 Å². The third-order valence-corrected chi connectivity index (χ3v) is 8.17. The van der Waals surface area contributed by atoms with Crippen molar-refractivity contribution < 1.29 is 0 Å². The highest BCUT2D eigenvalue weighted by Gasteiger charge is 2.42. The maximum Gasteiger partial charge on any atom is 0.0970 e. The number of benzene rings is 3. The van der Waals surface area contributed by atoms with Gasteiger partial charge in [-0.3, -0.25) is 19.9 Å². The molecule has 38 heavy (non-hydrogen) atoms. The van der Waals surface area contributed by atoms with Gasteiger partial charge >= 0.3 is 0 Å². The summed E-state index contributed by atoms with van der Waals surface area (Å²) in [6.07, 6.45) is 11.4. The fourth-order valence-electron chi connectivity index (χ4n) is 5.24. The number of rotatable bonds is 6. The van der Waals surface area contributed by atoms with Gasteiger partial charge in [-0.1, -0.05) is 81.4 Å². The molecule has 0 saturated heterocycles. The van der Waals surface area contributed by atoms with Crippen molar-refractivity contribution in [3.05, 3.63) is 132 Å². The van der Waals surface area contributed by atoms with Crippen molar-refractivity contribution in [2.45, 2.75) is 37.5 Å². The predicted octanol–water partition coefficient (Wildman–Crippen LogP) is 7.44. The molecule has 0 aliphatic carbocycles. The van der Waals surface area contributed by atoms with Gasteiger partial charge in [-0.15, -0.1) is 18.5 Å². The summed E-state index contributed by atoms with van der Waals surface area (Å²) < 4.78 is 0. The molecule has 0 bridgehead atoms. The minimum Gasteiger partial charge on any atom is -0.261 e. The normalized spacial score (nSPS) is 11.9. The molecule has 0 aliphatic rings. The second-order valence-corrected chi connectivity index (χ2v) is 11.7. The smallest absolute Gasteiger partial charge is 0.0970 e. The largest absolute Gasteiger partial charge is 0.261 e. The van der Waals surface area contributed by atoms with Crippen molar-refractivity contribution in [3.8, 4) is 22.3 Å². The van der Waals surface area contributed by atoms with Crippen LogP contribution in [-0.2, 0) is 16.7 Å². The summed E-state index contributed by atoms with van der Waals surface area (Å²) in [5.41, 5.74) is 9.85. The van der Waals surface area contributed by atoms with E-state index >= 15 is 0 Å². The first-order valence-corrected chi connectivity index (χ1v) is 14.1. The van der Waals surface area contributed by atoms with Crippen LogP contribution in [-0.4, -0.2) is 19.9 Å². The van der Waals surface area contributed by atoms with Crippen molar-refractivity contribution in [2.75, 3.05) is 0 Å². The topological polar surface area (TPSA) is 51.6 Å². The van der Waals surface area contributed by atoms with Gasteiger partial charge < -0.3 is 0 Å². The molecule has 0 aliphatic heterocycles. The molecule has 0 fully saturated rings. The molecule has 3 aromatic carbocycles. The summed E-state index contributed by atoms with van der Waals surface area (Å²) in [6, 6.07) is 23.7. The lowest BCUT2D eigenvalue weighted by molar-refractivity contribution is 0.576. The summed E-state index contributed by atoms with van der Waals surface area (Å²) in [4.78, 5) is 18.6. The van der Waals surface area contributed by atoms with Crippen LogP contribution in [0.15, 0.2) is 104 Å². The Morgan fingerprint density at radius 2 is 1.21 bits per heavy atom. The molecule has 6 heteroatoms. The van der Waals surface area contributed by atoms with Crippen LogP contribution < -0.4 is 0 Å². The Hall–Kier alpha value is -3.32. The molecule has 0 saturated carbocycles. The van der Waals surface area contributed by atoms with Crippen LogP contribution in [0.4, 0.5) is 0 Å². The second-order valence-electron chi connectivity index (χ2n) is 10.4. The lowest BCUT2D eigenvalue weighted by Crippen LogP contribution is -2.31.